The number of nitro groups is 1. The molecular weight excluding hydrogens is 319 g/mol. The molecule has 0 spiro atoms. The topological polar surface area (TPSA) is 67.9 Å². The molecule has 0 radical (unpaired) electrons. The number of alkyl halides is 3. The standard InChI is InChI=1S/C13H12F3N3O2S/c1-2-7-22-11-8-9(3-4-10(11)19(20)21)12(13(14,15)16)5-6-17-18-12/h3-6,8H,2,7H2,1H3. The molecule has 1 aliphatic rings. The fraction of sp³-hybridized carbons (Fsp3) is 0.385. The molecule has 2 rings (SSSR count). The Morgan fingerprint density at radius 1 is 1.41 bits per heavy atom. The average molecular weight is 331 g/mol. The Balaban J connectivity index is 2.54. The van der Waals surface area contributed by atoms with Gasteiger partial charge in [-0.3, -0.25) is 10.1 Å². The van der Waals surface area contributed by atoms with Crippen molar-refractivity contribution in [1.82, 2.24) is 0 Å². The van der Waals surface area contributed by atoms with Crippen molar-refractivity contribution in [2.45, 2.75) is 30.0 Å². The third-order valence-corrected chi connectivity index (χ3v) is 4.34. The summed E-state index contributed by atoms with van der Waals surface area (Å²) in [7, 11) is 0. The lowest BCUT2D eigenvalue weighted by Gasteiger charge is -2.26. The van der Waals surface area contributed by atoms with Crippen LogP contribution in [0.15, 0.2) is 45.6 Å². The van der Waals surface area contributed by atoms with E-state index in [1.54, 1.807) is 0 Å². The summed E-state index contributed by atoms with van der Waals surface area (Å²) in [4.78, 5) is 10.6. The van der Waals surface area contributed by atoms with Crippen molar-refractivity contribution in [1.29, 1.82) is 0 Å². The molecular formula is C13H12F3N3O2S. The highest BCUT2D eigenvalue weighted by Crippen LogP contribution is 2.47. The van der Waals surface area contributed by atoms with Gasteiger partial charge < -0.3 is 0 Å². The normalized spacial score (nSPS) is 20.5. The van der Waals surface area contributed by atoms with Gasteiger partial charge in [-0.1, -0.05) is 6.92 Å². The maximum atomic E-state index is 13.4. The smallest absolute Gasteiger partial charge is 0.258 e. The summed E-state index contributed by atoms with van der Waals surface area (Å²) >= 11 is 1.15. The SMILES string of the molecule is CCCSc1cc(C2(C(F)(F)F)C=CN=N2)ccc1[N+](=O)[O-]. The summed E-state index contributed by atoms with van der Waals surface area (Å²) < 4.78 is 40.2. The molecule has 0 amide bonds. The molecule has 22 heavy (non-hydrogen) atoms. The first-order valence-electron chi connectivity index (χ1n) is 6.40. The van der Waals surface area contributed by atoms with E-state index in [0.717, 1.165) is 42.6 Å². The third kappa shape index (κ3) is 2.85. The van der Waals surface area contributed by atoms with Crippen LogP contribution in [0.4, 0.5) is 18.9 Å². The molecule has 0 aliphatic carbocycles. The quantitative estimate of drug-likeness (QED) is 0.441. The number of benzene rings is 1. The number of hydrogen-bond donors (Lipinski definition) is 0. The molecule has 1 aromatic rings. The lowest BCUT2D eigenvalue weighted by atomic mass is 9.90. The number of azo groups is 1. The lowest BCUT2D eigenvalue weighted by molar-refractivity contribution is -0.387. The fourth-order valence-corrected chi connectivity index (χ4v) is 2.92. The average Bonchev–Trinajstić information content (AvgIpc) is 2.95. The van der Waals surface area contributed by atoms with Crippen molar-refractivity contribution < 1.29 is 18.1 Å². The number of nitrogens with zero attached hydrogens (tertiary/aromatic N) is 3. The van der Waals surface area contributed by atoms with E-state index >= 15 is 0 Å². The largest absolute Gasteiger partial charge is 0.423 e. The third-order valence-electron chi connectivity index (χ3n) is 3.09. The molecule has 0 N–H and O–H groups in total. The summed E-state index contributed by atoms with van der Waals surface area (Å²) in [5, 5.41) is 17.6. The summed E-state index contributed by atoms with van der Waals surface area (Å²) in [5.74, 6) is 0.570. The van der Waals surface area contributed by atoms with Crippen LogP contribution in [0.3, 0.4) is 0 Å². The van der Waals surface area contributed by atoms with E-state index in [4.69, 9.17) is 0 Å². The van der Waals surface area contributed by atoms with Crippen LogP contribution in [0.5, 0.6) is 0 Å². The minimum absolute atomic E-state index is 0.179. The first kappa shape index (κ1) is 16.5. The van der Waals surface area contributed by atoms with Gasteiger partial charge in [-0.2, -0.15) is 23.4 Å². The van der Waals surface area contributed by atoms with Crippen LogP contribution < -0.4 is 0 Å². The van der Waals surface area contributed by atoms with Crippen molar-refractivity contribution in [2.24, 2.45) is 10.2 Å². The number of thioether (sulfide) groups is 1. The Labute approximate surface area is 128 Å². The van der Waals surface area contributed by atoms with Gasteiger partial charge in [-0.05, 0) is 35.9 Å². The van der Waals surface area contributed by atoms with Crippen molar-refractivity contribution >= 4 is 17.4 Å². The second-order valence-electron chi connectivity index (χ2n) is 4.58. The Kier molecular flexibility index (Phi) is 4.55. The molecule has 5 nitrogen and oxygen atoms in total. The van der Waals surface area contributed by atoms with Gasteiger partial charge in [-0.15, -0.1) is 11.8 Å². The van der Waals surface area contributed by atoms with Crippen molar-refractivity contribution in [3.8, 4) is 0 Å². The molecule has 0 fully saturated rings. The number of rotatable bonds is 5. The number of hydrogen-bond acceptors (Lipinski definition) is 5. The lowest BCUT2D eigenvalue weighted by Crippen LogP contribution is -2.37. The molecule has 1 aliphatic heterocycles. The predicted molar refractivity (Wildman–Crippen MR) is 75.8 cm³/mol. The van der Waals surface area contributed by atoms with E-state index in [1.807, 2.05) is 6.92 Å². The van der Waals surface area contributed by atoms with Gasteiger partial charge in [0.2, 0.25) is 5.54 Å². The van der Waals surface area contributed by atoms with Crippen molar-refractivity contribution in [3.63, 3.8) is 0 Å². The fourth-order valence-electron chi connectivity index (χ4n) is 2.00. The second-order valence-corrected chi connectivity index (χ2v) is 5.72. The number of nitro benzene ring substituents is 1. The van der Waals surface area contributed by atoms with Gasteiger partial charge in [0.1, 0.15) is 0 Å². The summed E-state index contributed by atoms with van der Waals surface area (Å²) in [6.07, 6.45) is -2.10. The highest BCUT2D eigenvalue weighted by Gasteiger charge is 2.57. The first-order valence-corrected chi connectivity index (χ1v) is 7.38. The molecule has 9 heteroatoms. The van der Waals surface area contributed by atoms with Crippen molar-refractivity contribution in [2.75, 3.05) is 5.75 Å². The van der Waals surface area contributed by atoms with Gasteiger partial charge in [0.05, 0.1) is 9.82 Å². The summed E-state index contributed by atoms with van der Waals surface area (Å²) in [5.41, 5.74) is -2.95. The van der Waals surface area contributed by atoms with Crippen LogP contribution >= 0.6 is 11.8 Å². The molecule has 0 aromatic heterocycles. The van der Waals surface area contributed by atoms with E-state index in [-0.39, 0.29) is 16.1 Å². The molecule has 1 atom stereocenters. The van der Waals surface area contributed by atoms with Gasteiger partial charge in [0, 0.05) is 12.3 Å². The predicted octanol–water partition coefficient (Wildman–Crippen LogP) is 4.83. The monoisotopic (exact) mass is 331 g/mol. The minimum Gasteiger partial charge on any atom is -0.258 e. The molecule has 0 bridgehead atoms. The second kappa shape index (κ2) is 6.07. The Morgan fingerprint density at radius 3 is 2.64 bits per heavy atom. The highest BCUT2D eigenvalue weighted by atomic mass is 32.2. The van der Waals surface area contributed by atoms with E-state index < -0.39 is 16.6 Å². The Hall–Kier alpha value is -1.90. The maximum absolute atomic E-state index is 13.4. The molecule has 0 saturated carbocycles. The van der Waals surface area contributed by atoms with Crippen LogP contribution in [0.2, 0.25) is 0 Å². The van der Waals surface area contributed by atoms with Gasteiger partial charge >= 0.3 is 6.18 Å². The first-order chi connectivity index (χ1) is 10.3. The van der Waals surface area contributed by atoms with Crippen LogP contribution in [0.1, 0.15) is 18.9 Å². The Morgan fingerprint density at radius 2 is 2.14 bits per heavy atom. The maximum Gasteiger partial charge on any atom is 0.423 e. The highest BCUT2D eigenvalue weighted by molar-refractivity contribution is 7.99. The molecule has 0 saturated heterocycles. The molecule has 1 aromatic carbocycles. The minimum atomic E-state index is -4.67. The zero-order valence-corrected chi connectivity index (χ0v) is 12.3. The van der Waals surface area contributed by atoms with E-state index in [1.165, 1.54) is 6.07 Å². The number of halogens is 3. The van der Waals surface area contributed by atoms with E-state index in [0.29, 0.717) is 5.75 Å². The van der Waals surface area contributed by atoms with Crippen LogP contribution in [-0.2, 0) is 5.54 Å². The van der Waals surface area contributed by atoms with Gasteiger partial charge in [-0.25, -0.2) is 0 Å². The molecule has 1 heterocycles. The summed E-state index contributed by atoms with van der Waals surface area (Å²) in [6.45, 7) is 1.88. The zero-order chi connectivity index (χ0) is 16.4. The summed E-state index contributed by atoms with van der Waals surface area (Å²) in [6, 6.07) is 3.35. The van der Waals surface area contributed by atoms with Crippen LogP contribution in [-0.4, -0.2) is 16.9 Å². The zero-order valence-electron chi connectivity index (χ0n) is 11.5. The molecule has 118 valence electrons. The van der Waals surface area contributed by atoms with Crippen LogP contribution in [0.25, 0.3) is 0 Å². The van der Waals surface area contributed by atoms with E-state index in [9.17, 15) is 23.3 Å². The van der Waals surface area contributed by atoms with Gasteiger partial charge in [0.15, 0.2) is 0 Å². The van der Waals surface area contributed by atoms with Crippen molar-refractivity contribution in [3.05, 3.63) is 46.2 Å². The molecule has 1 unspecified atom stereocenters. The van der Waals surface area contributed by atoms with Gasteiger partial charge in [0.25, 0.3) is 5.69 Å². The Bertz CT molecular complexity index is 632. The van der Waals surface area contributed by atoms with E-state index in [2.05, 4.69) is 10.2 Å². The van der Waals surface area contributed by atoms with Crippen LogP contribution in [0, 0.1) is 10.1 Å².